The second-order valence-electron chi connectivity index (χ2n) is 5.59. The van der Waals surface area contributed by atoms with Gasteiger partial charge in [0.1, 0.15) is 0 Å². The summed E-state index contributed by atoms with van der Waals surface area (Å²) in [7, 11) is -3.79. The molecule has 2 amide bonds. The van der Waals surface area contributed by atoms with Gasteiger partial charge in [-0.25, -0.2) is 13.2 Å². The van der Waals surface area contributed by atoms with Crippen LogP contribution < -0.4 is 15.4 Å². The van der Waals surface area contributed by atoms with Crippen LogP contribution in [0.4, 0.5) is 21.9 Å². The minimum absolute atomic E-state index is 0.0511. The number of carbonyl (C=O) groups excluding carboxylic acids is 1. The molecule has 8 heteroatoms. The van der Waals surface area contributed by atoms with E-state index in [0.29, 0.717) is 22.1 Å². The SMILES string of the molecule is O=C(Nc1ccccc1)Nc1cccc(NS(=O)(=O)c2cccc(Cl)c2)c1. The number of carbonyl (C=O) groups is 1. The Morgan fingerprint density at radius 2 is 1.37 bits per heavy atom. The molecule has 138 valence electrons. The zero-order valence-corrected chi connectivity index (χ0v) is 15.6. The molecule has 3 rings (SSSR count). The van der Waals surface area contributed by atoms with Crippen LogP contribution in [0.3, 0.4) is 0 Å². The summed E-state index contributed by atoms with van der Waals surface area (Å²) < 4.78 is 27.4. The molecule has 0 aromatic heterocycles. The van der Waals surface area contributed by atoms with Crippen molar-refractivity contribution in [2.45, 2.75) is 4.90 Å². The molecule has 0 saturated carbocycles. The van der Waals surface area contributed by atoms with E-state index in [1.54, 1.807) is 54.6 Å². The molecule has 0 aliphatic rings. The van der Waals surface area contributed by atoms with Crippen molar-refractivity contribution in [2.75, 3.05) is 15.4 Å². The van der Waals surface area contributed by atoms with Crippen LogP contribution in [0.15, 0.2) is 83.8 Å². The zero-order chi connectivity index (χ0) is 19.3. The molecule has 0 aliphatic carbocycles. The molecule has 0 atom stereocenters. The Labute approximate surface area is 162 Å². The smallest absolute Gasteiger partial charge is 0.308 e. The fraction of sp³-hybridized carbons (Fsp3) is 0. The summed E-state index contributed by atoms with van der Waals surface area (Å²) in [6.45, 7) is 0. The van der Waals surface area contributed by atoms with E-state index < -0.39 is 16.1 Å². The average molecular weight is 402 g/mol. The van der Waals surface area contributed by atoms with E-state index in [2.05, 4.69) is 15.4 Å². The fourth-order valence-electron chi connectivity index (χ4n) is 2.32. The summed E-state index contributed by atoms with van der Waals surface area (Å²) in [4.78, 5) is 12.1. The summed E-state index contributed by atoms with van der Waals surface area (Å²) in [5.74, 6) is 0. The van der Waals surface area contributed by atoms with E-state index in [4.69, 9.17) is 11.6 Å². The second-order valence-corrected chi connectivity index (χ2v) is 7.71. The Hall–Kier alpha value is -3.03. The summed E-state index contributed by atoms with van der Waals surface area (Å²) in [6, 6.07) is 20.9. The van der Waals surface area contributed by atoms with E-state index in [9.17, 15) is 13.2 Å². The van der Waals surface area contributed by atoms with Gasteiger partial charge in [0, 0.05) is 16.4 Å². The van der Waals surface area contributed by atoms with Gasteiger partial charge in [-0.3, -0.25) is 4.72 Å². The third-order valence-corrected chi connectivity index (χ3v) is 5.12. The van der Waals surface area contributed by atoms with Crippen molar-refractivity contribution < 1.29 is 13.2 Å². The quantitative estimate of drug-likeness (QED) is 0.574. The maximum absolute atomic E-state index is 12.5. The van der Waals surface area contributed by atoms with Crippen molar-refractivity contribution in [3.63, 3.8) is 0 Å². The maximum Gasteiger partial charge on any atom is 0.323 e. The Bertz CT molecular complexity index is 1060. The number of hydrogen-bond acceptors (Lipinski definition) is 3. The molecule has 0 saturated heterocycles. The van der Waals surface area contributed by atoms with Gasteiger partial charge in [-0.2, -0.15) is 0 Å². The predicted molar refractivity (Wildman–Crippen MR) is 108 cm³/mol. The summed E-state index contributed by atoms with van der Waals surface area (Å²) in [6.07, 6.45) is 0. The van der Waals surface area contributed by atoms with Crippen molar-refractivity contribution in [3.05, 3.63) is 83.9 Å². The Morgan fingerprint density at radius 3 is 2.11 bits per heavy atom. The van der Waals surface area contributed by atoms with Gasteiger partial charge in [0.25, 0.3) is 10.0 Å². The molecule has 0 fully saturated rings. The van der Waals surface area contributed by atoms with Crippen LogP contribution in [-0.2, 0) is 10.0 Å². The van der Waals surface area contributed by atoms with Gasteiger partial charge in [0.2, 0.25) is 0 Å². The number of urea groups is 1. The number of para-hydroxylation sites is 1. The van der Waals surface area contributed by atoms with Crippen LogP contribution >= 0.6 is 11.6 Å². The number of sulfonamides is 1. The summed E-state index contributed by atoms with van der Waals surface area (Å²) >= 11 is 5.86. The first-order valence-electron chi connectivity index (χ1n) is 7.94. The molecule has 6 nitrogen and oxygen atoms in total. The van der Waals surface area contributed by atoms with Crippen LogP contribution in [0.25, 0.3) is 0 Å². The highest BCUT2D eigenvalue weighted by Crippen LogP contribution is 2.21. The summed E-state index contributed by atoms with van der Waals surface area (Å²) in [5.41, 5.74) is 1.40. The Balaban J connectivity index is 1.71. The molecule has 3 aromatic rings. The highest BCUT2D eigenvalue weighted by molar-refractivity contribution is 7.92. The van der Waals surface area contributed by atoms with Gasteiger partial charge in [-0.15, -0.1) is 0 Å². The monoisotopic (exact) mass is 401 g/mol. The number of benzene rings is 3. The van der Waals surface area contributed by atoms with E-state index in [0.717, 1.165) is 0 Å². The Kier molecular flexibility index (Phi) is 5.63. The lowest BCUT2D eigenvalue weighted by molar-refractivity contribution is 0.262. The van der Waals surface area contributed by atoms with E-state index in [1.807, 2.05) is 6.07 Å². The zero-order valence-electron chi connectivity index (χ0n) is 14.0. The third kappa shape index (κ3) is 5.22. The molecule has 0 aliphatic heterocycles. The van der Waals surface area contributed by atoms with Crippen molar-refractivity contribution in [2.24, 2.45) is 0 Å². The van der Waals surface area contributed by atoms with Gasteiger partial charge >= 0.3 is 6.03 Å². The first kappa shape index (κ1) is 18.8. The number of halogens is 1. The van der Waals surface area contributed by atoms with Gasteiger partial charge in [0.05, 0.1) is 10.6 Å². The van der Waals surface area contributed by atoms with E-state index in [1.165, 1.54) is 18.2 Å². The molecular weight excluding hydrogens is 386 g/mol. The van der Waals surface area contributed by atoms with Crippen LogP contribution in [0.2, 0.25) is 5.02 Å². The lowest BCUT2D eigenvalue weighted by Gasteiger charge is -2.11. The van der Waals surface area contributed by atoms with Gasteiger partial charge in [-0.1, -0.05) is 41.9 Å². The number of anilines is 3. The van der Waals surface area contributed by atoms with Gasteiger partial charge in [0.15, 0.2) is 0 Å². The molecule has 27 heavy (non-hydrogen) atoms. The van der Waals surface area contributed by atoms with Crippen molar-refractivity contribution in [1.29, 1.82) is 0 Å². The number of hydrogen-bond donors (Lipinski definition) is 3. The van der Waals surface area contributed by atoms with Gasteiger partial charge < -0.3 is 10.6 Å². The molecule has 0 radical (unpaired) electrons. The third-order valence-electron chi connectivity index (χ3n) is 3.51. The first-order valence-corrected chi connectivity index (χ1v) is 9.80. The molecule has 0 bridgehead atoms. The topological polar surface area (TPSA) is 87.3 Å². The summed E-state index contributed by atoms with van der Waals surface area (Å²) in [5, 5.41) is 5.67. The lowest BCUT2D eigenvalue weighted by atomic mass is 10.3. The lowest BCUT2D eigenvalue weighted by Crippen LogP contribution is -2.19. The largest absolute Gasteiger partial charge is 0.323 e. The fourth-order valence-corrected chi connectivity index (χ4v) is 3.67. The van der Waals surface area contributed by atoms with E-state index >= 15 is 0 Å². The van der Waals surface area contributed by atoms with Crippen LogP contribution in [-0.4, -0.2) is 14.4 Å². The molecule has 0 heterocycles. The molecular formula is C19H16ClN3O3S. The minimum Gasteiger partial charge on any atom is -0.308 e. The number of rotatable bonds is 5. The maximum atomic E-state index is 12.5. The standard InChI is InChI=1S/C19H16ClN3O3S/c20-14-6-4-11-18(12-14)27(25,26)23-17-10-5-9-16(13-17)22-19(24)21-15-7-2-1-3-8-15/h1-13,23H,(H2,21,22,24). The van der Waals surface area contributed by atoms with Crippen LogP contribution in [0.1, 0.15) is 0 Å². The molecule has 3 N–H and O–H groups in total. The number of amides is 2. The van der Waals surface area contributed by atoms with Crippen LogP contribution in [0, 0.1) is 0 Å². The molecule has 0 unspecified atom stereocenters. The molecule has 0 spiro atoms. The predicted octanol–water partition coefficient (Wildman–Crippen LogP) is 4.78. The average Bonchev–Trinajstić information content (AvgIpc) is 2.62. The number of nitrogens with one attached hydrogen (secondary N) is 3. The van der Waals surface area contributed by atoms with Gasteiger partial charge in [-0.05, 0) is 48.5 Å². The minimum atomic E-state index is -3.79. The first-order chi connectivity index (χ1) is 12.9. The van der Waals surface area contributed by atoms with Crippen LogP contribution in [0.5, 0.6) is 0 Å². The van der Waals surface area contributed by atoms with Crippen molar-refractivity contribution >= 4 is 44.7 Å². The molecule has 3 aromatic carbocycles. The second kappa shape index (κ2) is 8.11. The van der Waals surface area contributed by atoms with Crippen molar-refractivity contribution in [1.82, 2.24) is 0 Å². The van der Waals surface area contributed by atoms with E-state index in [-0.39, 0.29) is 4.90 Å². The Morgan fingerprint density at radius 1 is 0.741 bits per heavy atom. The highest BCUT2D eigenvalue weighted by Gasteiger charge is 2.15. The highest BCUT2D eigenvalue weighted by atomic mass is 35.5. The van der Waals surface area contributed by atoms with Crippen molar-refractivity contribution in [3.8, 4) is 0 Å². The normalized spacial score (nSPS) is 10.9.